The predicted molar refractivity (Wildman–Crippen MR) is 76.9 cm³/mol. The van der Waals surface area contributed by atoms with E-state index >= 15 is 0 Å². The molecular weight excluding hydrogens is 253 g/mol. The molecule has 0 bridgehead atoms. The van der Waals surface area contributed by atoms with Crippen LogP contribution in [0.3, 0.4) is 0 Å². The summed E-state index contributed by atoms with van der Waals surface area (Å²) in [5, 5.41) is 4.63. The van der Waals surface area contributed by atoms with Gasteiger partial charge in [0.2, 0.25) is 0 Å². The van der Waals surface area contributed by atoms with Gasteiger partial charge >= 0.3 is 0 Å². The van der Waals surface area contributed by atoms with E-state index in [-0.39, 0.29) is 16.8 Å². The molecule has 0 saturated heterocycles. The fourth-order valence-electron chi connectivity index (χ4n) is 3.34. The van der Waals surface area contributed by atoms with Crippen molar-refractivity contribution in [2.24, 2.45) is 5.73 Å². The zero-order valence-corrected chi connectivity index (χ0v) is 12.2. The van der Waals surface area contributed by atoms with Gasteiger partial charge in [0.25, 0.3) is 0 Å². The molecule has 106 valence electrons. The summed E-state index contributed by atoms with van der Waals surface area (Å²) in [6.45, 7) is 6.98. The molecule has 2 N–H and O–H groups in total. The first-order valence-corrected chi connectivity index (χ1v) is 6.90. The molecule has 1 heterocycles. The normalized spacial score (nSPS) is 23.9. The number of rotatable bonds is 2. The standard InChI is InChI=1S/C16H20FN3/c1-15(2)10-16(3,18)14-13(15)9-20(19-14)8-11-5-4-6-12(17)7-11/h4-7,9H,8,10,18H2,1-3H3/t16-/m0/s1. The number of hydrogen-bond acceptors (Lipinski definition) is 2. The van der Waals surface area contributed by atoms with E-state index in [0.29, 0.717) is 6.54 Å². The van der Waals surface area contributed by atoms with Crippen LogP contribution >= 0.6 is 0 Å². The SMILES string of the molecule is CC1(C)C[C@](C)(N)c2nn(Cc3cccc(F)c3)cc21. The van der Waals surface area contributed by atoms with Crippen molar-refractivity contribution in [3.05, 3.63) is 53.1 Å². The summed E-state index contributed by atoms with van der Waals surface area (Å²) >= 11 is 0. The Hall–Kier alpha value is -1.68. The Balaban J connectivity index is 1.95. The van der Waals surface area contributed by atoms with Gasteiger partial charge in [0.15, 0.2) is 0 Å². The number of hydrogen-bond donors (Lipinski definition) is 1. The number of nitrogens with zero attached hydrogens (tertiary/aromatic N) is 2. The van der Waals surface area contributed by atoms with Crippen LogP contribution in [0.15, 0.2) is 30.5 Å². The van der Waals surface area contributed by atoms with Gasteiger partial charge < -0.3 is 5.73 Å². The molecule has 3 rings (SSSR count). The van der Waals surface area contributed by atoms with Crippen LogP contribution in [0.2, 0.25) is 0 Å². The first kappa shape index (κ1) is 13.3. The van der Waals surface area contributed by atoms with E-state index in [4.69, 9.17) is 5.73 Å². The van der Waals surface area contributed by atoms with E-state index in [1.807, 2.05) is 17.7 Å². The van der Waals surface area contributed by atoms with E-state index in [0.717, 1.165) is 17.7 Å². The summed E-state index contributed by atoms with van der Waals surface area (Å²) in [6.07, 6.45) is 2.96. The van der Waals surface area contributed by atoms with Crippen LogP contribution in [0.4, 0.5) is 4.39 Å². The maximum absolute atomic E-state index is 13.2. The molecule has 0 fully saturated rings. The van der Waals surface area contributed by atoms with Gasteiger partial charge in [0, 0.05) is 11.8 Å². The average Bonchev–Trinajstić information content (AvgIpc) is 2.79. The molecule has 1 aliphatic rings. The van der Waals surface area contributed by atoms with Gasteiger partial charge in [-0.15, -0.1) is 0 Å². The van der Waals surface area contributed by atoms with Gasteiger partial charge in [0.05, 0.1) is 17.8 Å². The summed E-state index contributed by atoms with van der Waals surface area (Å²) in [5.41, 5.74) is 9.10. The molecule has 2 aromatic rings. The summed E-state index contributed by atoms with van der Waals surface area (Å²) in [6, 6.07) is 6.62. The van der Waals surface area contributed by atoms with Gasteiger partial charge in [-0.25, -0.2) is 4.39 Å². The quantitative estimate of drug-likeness (QED) is 0.914. The lowest BCUT2D eigenvalue weighted by Gasteiger charge is -2.23. The summed E-state index contributed by atoms with van der Waals surface area (Å²) in [5.74, 6) is -0.216. The van der Waals surface area contributed by atoms with Gasteiger partial charge in [-0.05, 0) is 36.5 Å². The van der Waals surface area contributed by atoms with Crippen LogP contribution in [0.1, 0.15) is 44.0 Å². The van der Waals surface area contributed by atoms with Gasteiger partial charge in [0.1, 0.15) is 5.82 Å². The molecule has 1 aliphatic carbocycles. The Morgan fingerprint density at radius 1 is 1.35 bits per heavy atom. The van der Waals surface area contributed by atoms with Crippen LogP contribution < -0.4 is 5.73 Å². The van der Waals surface area contributed by atoms with Crippen LogP contribution in [0, 0.1) is 5.82 Å². The Morgan fingerprint density at radius 2 is 2.10 bits per heavy atom. The molecule has 0 spiro atoms. The smallest absolute Gasteiger partial charge is 0.123 e. The molecule has 20 heavy (non-hydrogen) atoms. The largest absolute Gasteiger partial charge is 0.320 e. The third kappa shape index (κ3) is 2.14. The van der Waals surface area contributed by atoms with Gasteiger partial charge in [-0.2, -0.15) is 5.10 Å². The van der Waals surface area contributed by atoms with Crippen molar-refractivity contribution in [3.8, 4) is 0 Å². The van der Waals surface area contributed by atoms with E-state index in [1.54, 1.807) is 12.1 Å². The fourth-order valence-corrected chi connectivity index (χ4v) is 3.34. The van der Waals surface area contributed by atoms with E-state index in [9.17, 15) is 4.39 Å². The second-order valence-corrected chi connectivity index (χ2v) is 6.70. The van der Waals surface area contributed by atoms with Crippen LogP contribution in [0.25, 0.3) is 0 Å². The molecule has 0 unspecified atom stereocenters. The second kappa shape index (κ2) is 4.16. The molecule has 0 aliphatic heterocycles. The summed E-state index contributed by atoms with van der Waals surface area (Å²) in [7, 11) is 0. The highest BCUT2D eigenvalue weighted by molar-refractivity contribution is 5.38. The Labute approximate surface area is 118 Å². The molecule has 0 saturated carbocycles. The Kier molecular flexibility index (Phi) is 2.77. The molecule has 4 heteroatoms. The van der Waals surface area contributed by atoms with Crippen LogP contribution in [0.5, 0.6) is 0 Å². The minimum Gasteiger partial charge on any atom is -0.320 e. The Morgan fingerprint density at radius 3 is 2.75 bits per heavy atom. The number of benzene rings is 1. The molecule has 1 aromatic carbocycles. The lowest BCUT2D eigenvalue weighted by molar-refractivity contribution is 0.373. The highest BCUT2D eigenvalue weighted by Crippen LogP contribution is 2.45. The number of halogens is 1. The second-order valence-electron chi connectivity index (χ2n) is 6.70. The third-order valence-electron chi connectivity index (χ3n) is 4.07. The molecular formula is C16H20FN3. The third-order valence-corrected chi connectivity index (χ3v) is 4.07. The van der Waals surface area contributed by atoms with Crippen molar-refractivity contribution >= 4 is 0 Å². The molecule has 1 atom stereocenters. The predicted octanol–water partition coefficient (Wildman–Crippen LogP) is 2.93. The highest BCUT2D eigenvalue weighted by atomic mass is 19.1. The number of aromatic nitrogens is 2. The lowest BCUT2D eigenvalue weighted by atomic mass is 9.85. The van der Waals surface area contributed by atoms with E-state index < -0.39 is 0 Å². The minimum absolute atomic E-state index is 0.0407. The van der Waals surface area contributed by atoms with E-state index in [1.165, 1.54) is 11.6 Å². The molecule has 0 amide bonds. The van der Waals surface area contributed by atoms with Gasteiger partial charge in [-0.3, -0.25) is 4.68 Å². The first-order valence-electron chi connectivity index (χ1n) is 6.90. The van der Waals surface area contributed by atoms with Gasteiger partial charge in [-0.1, -0.05) is 26.0 Å². The Bertz CT molecular complexity index is 624. The molecule has 0 radical (unpaired) electrons. The lowest BCUT2D eigenvalue weighted by Crippen LogP contribution is -2.33. The fraction of sp³-hybridized carbons (Fsp3) is 0.438. The number of fused-ring (bicyclic) bond motifs is 1. The summed E-state index contributed by atoms with van der Waals surface area (Å²) in [4.78, 5) is 0. The monoisotopic (exact) mass is 273 g/mol. The topological polar surface area (TPSA) is 43.8 Å². The minimum atomic E-state index is -0.383. The first-order chi connectivity index (χ1) is 9.28. The summed E-state index contributed by atoms with van der Waals surface area (Å²) < 4.78 is 15.1. The van der Waals surface area contributed by atoms with Crippen molar-refractivity contribution in [2.45, 2.75) is 44.7 Å². The maximum atomic E-state index is 13.2. The molecule has 3 nitrogen and oxygen atoms in total. The highest BCUT2D eigenvalue weighted by Gasteiger charge is 2.45. The van der Waals surface area contributed by atoms with Crippen molar-refractivity contribution in [1.29, 1.82) is 0 Å². The van der Waals surface area contributed by atoms with E-state index in [2.05, 4.69) is 25.1 Å². The maximum Gasteiger partial charge on any atom is 0.123 e. The van der Waals surface area contributed by atoms with Crippen molar-refractivity contribution < 1.29 is 4.39 Å². The van der Waals surface area contributed by atoms with Crippen molar-refractivity contribution in [1.82, 2.24) is 9.78 Å². The van der Waals surface area contributed by atoms with Crippen molar-refractivity contribution in [3.63, 3.8) is 0 Å². The zero-order valence-electron chi connectivity index (χ0n) is 12.2. The molecule has 1 aromatic heterocycles. The van der Waals surface area contributed by atoms with Crippen LogP contribution in [-0.2, 0) is 17.5 Å². The van der Waals surface area contributed by atoms with Crippen LogP contribution in [-0.4, -0.2) is 9.78 Å². The van der Waals surface area contributed by atoms with Crippen molar-refractivity contribution in [2.75, 3.05) is 0 Å². The zero-order chi connectivity index (χ0) is 14.5. The average molecular weight is 273 g/mol. The number of nitrogens with two attached hydrogens (primary N) is 1.